The fraction of sp³-hybridized carbons (Fsp3) is 0.346. The molecule has 1 atom stereocenters. The highest BCUT2D eigenvalue weighted by molar-refractivity contribution is 7.13. The molecule has 2 amide bonds. The van der Waals surface area contributed by atoms with Gasteiger partial charge in [0.15, 0.2) is 0 Å². The molecule has 3 aromatic rings. The number of rotatable bonds is 9. The van der Waals surface area contributed by atoms with Crippen molar-refractivity contribution >= 4 is 28.8 Å². The van der Waals surface area contributed by atoms with Gasteiger partial charge in [-0.1, -0.05) is 30.3 Å². The van der Waals surface area contributed by atoms with Gasteiger partial charge in [0.25, 0.3) is 0 Å². The minimum absolute atomic E-state index is 0.109. The van der Waals surface area contributed by atoms with Crippen molar-refractivity contribution in [3.05, 3.63) is 65.2 Å². The summed E-state index contributed by atoms with van der Waals surface area (Å²) in [5.74, 6) is 0.330. The fourth-order valence-electron chi connectivity index (χ4n) is 4.25. The summed E-state index contributed by atoms with van der Waals surface area (Å²) >= 11 is 1.50. The first kappa shape index (κ1) is 23.9. The van der Waals surface area contributed by atoms with Crippen molar-refractivity contribution in [2.75, 3.05) is 25.0 Å². The minimum atomic E-state index is -0.238. The molecule has 1 aromatic heterocycles. The second-order valence-corrected chi connectivity index (χ2v) is 9.29. The average Bonchev–Trinajstić information content (AvgIpc) is 3.29. The third-order valence-electron chi connectivity index (χ3n) is 5.90. The summed E-state index contributed by atoms with van der Waals surface area (Å²) in [7, 11) is 0. The maximum atomic E-state index is 12.8. The van der Waals surface area contributed by atoms with Gasteiger partial charge in [-0.05, 0) is 50.1 Å². The zero-order valence-electron chi connectivity index (χ0n) is 19.3. The number of nitrogens with zero attached hydrogens (tertiary/aromatic N) is 2. The highest BCUT2D eigenvalue weighted by Crippen LogP contribution is 2.32. The summed E-state index contributed by atoms with van der Waals surface area (Å²) < 4.78 is 5.71. The highest BCUT2D eigenvalue weighted by atomic mass is 32.1. The van der Waals surface area contributed by atoms with Crippen molar-refractivity contribution in [1.29, 1.82) is 0 Å². The van der Waals surface area contributed by atoms with Crippen LogP contribution in [0.25, 0.3) is 10.6 Å². The van der Waals surface area contributed by atoms with Crippen molar-refractivity contribution in [3.63, 3.8) is 0 Å². The summed E-state index contributed by atoms with van der Waals surface area (Å²) in [6.07, 6.45) is 1.98. The molecule has 4 rings (SSSR count). The number of primary amides is 1. The monoisotopic (exact) mass is 478 g/mol. The Morgan fingerprint density at radius 3 is 2.82 bits per heavy atom. The Kier molecular flexibility index (Phi) is 7.92. The second kappa shape index (κ2) is 11.3. The van der Waals surface area contributed by atoms with Crippen molar-refractivity contribution in [2.24, 2.45) is 11.7 Å². The zero-order valence-corrected chi connectivity index (χ0v) is 20.1. The number of hydrogen-bond donors (Lipinski definition) is 2. The molecule has 1 unspecified atom stereocenters. The molecule has 8 heteroatoms. The van der Waals surface area contributed by atoms with Crippen LogP contribution in [-0.2, 0) is 22.6 Å². The van der Waals surface area contributed by atoms with Gasteiger partial charge in [0.05, 0.1) is 30.2 Å². The molecule has 0 bridgehead atoms. The molecule has 0 aliphatic carbocycles. The summed E-state index contributed by atoms with van der Waals surface area (Å²) in [5, 5.41) is 5.80. The van der Waals surface area contributed by atoms with Gasteiger partial charge in [-0.3, -0.25) is 14.5 Å². The zero-order chi connectivity index (χ0) is 23.9. The molecule has 3 N–H and O–H groups in total. The van der Waals surface area contributed by atoms with Crippen LogP contribution in [0, 0.1) is 5.92 Å². The Labute approximate surface area is 204 Å². The first-order valence-corrected chi connectivity index (χ1v) is 12.5. The van der Waals surface area contributed by atoms with E-state index in [9.17, 15) is 9.59 Å². The molecule has 178 valence electrons. The number of aromatic nitrogens is 1. The number of likely N-dealkylation sites (tertiary alicyclic amines) is 1. The van der Waals surface area contributed by atoms with Crippen molar-refractivity contribution in [2.45, 2.75) is 32.7 Å². The lowest BCUT2D eigenvalue weighted by Crippen LogP contribution is -2.40. The third kappa shape index (κ3) is 6.01. The SMILES string of the molecule is CCOc1ccccc1-c1nc(CC(=O)Nc2ccccc2CN2CCCC(C(N)=O)C2)cs1. The number of para-hydroxylation sites is 2. The van der Waals surface area contributed by atoms with Gasteiger partial charge >= 0.3 is 0 Å². The average molecular weight is 479 g/mol. The van der Waals surface area contributed by atoms with Crippen LogP contribution in [0.4, 0.5) is 5.69 Å². The van der Waals surface area contributed by atoms with Gasteiger partial charge in [0, 0.05) is 24.2 Å². The largest absolute Gasteiger partial charge is 0.493 e. The van der Waals surface area contributed by atoms with E-state index in [-0.39, 0.29) is 24.2 Å². The first-order chi connectivity index (χ1) is 16.5. The van der Waals surface area contributed by atoms with E-state index in [1.807, 2.05) is 60.8 Å². The Morgan fingerprint density at radius 1 is 1.21 bits per heavy atom. The van der Waals surface area contributed by atoms with E-state index >= 15 is 0 Å². The molecule has 34 heavy (non-hydrogen) atoms. The predicted molar refractivity (Wildman–Crippen MR) is 135 cm³/mol. The topological polar surface area (TPSA) is 97.6 Å². The van der Waals surface area contributed by atoms with Gasteiger partial charge in [0.1, 0.15) is 10.8 Å². The van der Waals surface area contributed by atoms with Crippen LogP contribution in [0.5, 0.6) is 5.75 Å². The van der Waals surface area contributed by atoms with Gasteiger partial charge in [-0.15, -0.1) is 11.3 Å². The first-order valence-electron chi connectivity index (χ1n) is 11.6. The molecule has 1 saturated heterocycles. The van der Waals surface area contributed by atoms with Crippen molar-refractivity contribution in [3.8, 4) is 16.3 Å². The van der Waals surface area contributed by atoms with Crippen molar-refractivity contribution < 1.29 is 14.3 Å². The summed E-state index contributed by atoms with van der Waals surface area (Å²) in [6, 6.07) is 15.6. The maximum absolute atomic E-state index is 12.8. The molecular formula is C26H30N4O3S. The number of benzene rings is 2. The molecule has 0 radical (unpaired) electrons. The number of anilines is 1. The number of amides is 2. The summed E-state index contributed by atoms with van der Waals surface area (Å²) in [4.78, 5) is 31.3. The van der Waals surface area contributed by atoms with Gasteiger partial charge < -0.3 is 15.8 Å². The number of ether oxygens (including phenoxy) is 1. The van der Waals surface area contributed by atoms with E-state index in [1.54, 1.807) is 0 Å². The molecule has 0 spiro atoms. The van der Waals surface area contributed by atoms with Crippen LogP contribution in [0.1, 0.15) is 31.0 Å². The molecule has 1 aliphatic rings. The Bertz CT molecular complexity index is 1150. The van der Waals surface area contributed by atoms with Gasteiger partial charge in [-0.25, -0.2) is 4.98 Å². The fourth-order valence-corrected chi connectivity index (χ4v) is 5.10. The number of carbonyl (C=O) groups is 2. The van der Waals surface area contributed by atoms with Gasteiger partial charge in [-0.2, -0.15) is 0 Å². The standard InChI is InChI=1S/C26H30N4O3S/c1-2-33-23-12-6-4-10-21(23)26-28-20(17-34-26)14-24(31)29-22-11-5-3-8-18(22)15-30-13-7-9-19(16-30)25(27)32/h3-6,8,10-12,17,19H,2,7,9,13-16H2,1H3,(H2,27,32)(H,29,31). The lowest BCUT2D eigenvalue weighted by molar-refractivity contribution is -0.123. The Hall–Kier alpha value is -3.23. The third-order valence-corrected chi connectivity index (χ3v) is 6.83. The number of hydrogen-bond acceptors (Lipinski definition) is 6. The smallest absolute Gasteiger partial charge is 0.230 e. The number of piperidine rings is 1. The van der Waals surface area contributed by atoms with E-state index in [4.69, 9.17) is 10.5 Å². The predicted octanol–water partition coefficient (Wildman–Crippen LogP) is 4.09. The second-order valence-electron chi connectivity index (χ2n) is 8.43. The number of carbonyl (C=O) groups excluding carboxylic acids is 2. The Morgan fingerprint density at radius 2 is 2.00 bits per heavy atom. The molecule has 1 aliphatic heterocycles. The molecule has 0 saturated carbocycles. The normalized spacial score (nSPS) is 16.2. The summed E-state index contributed by atoms with van der Waals surface area (Å²) in [5.41, 5.74) is 8.98. The van der Waals surface area contributed by atoms with E-state index in [1.165, 1.54) is 11.3 Å². The number of nitrogens with one attached hydrogen (secondary N) is 1. The lowest BCUT2D eigenvalue weighted by Gasteiger charge is -2.31. The number of nitrogens with two attached hydrogens (primary N) is 1. The van der Waals surface area contributed by atoms with Crippen molar-refractivity contribution in [1.82, 2.24) is 9.88 Å². The van der Waals surface area contributed by atoms with Gasteiger partial charge in [0.2, 0.25) is 11.8 Å². The highest BCUT2D eigenvalue weighted by Gasteiger charge is 2.24. The minimum Gasteiger partial charge on any atom is -0.493 e. The van der Waals surface area contributed by atoms with Crippen LogP contribution < -0.4 is 15.8 Å². The molecular weight excluding hydrogens is 448 g/mol. The van der Waals surface area contributed by atoms with Crippen LogP contribution in [0.15, 0.2) is 53.9 Å². The lowest BCUT2D eigenvalue weighted by atomic mass is 9.97. The van der Waals surface area contributed by atoms with E-state index in [2.05, 4.69) is 15.2 Å². The Balaban J connectivity index is 1.40. The van der Waals surface area contributed by atoms with Crippen LogP contribution in [0.2, 0.25) is 0 Å². The van der Waals surface area contributed by atoms with E-state index in [0.717, 1.165) is 52.7 Å². The van der Waals surface area contributed by atoms with Crippen LogP contribution >= 0.6 is 11.3 Å². The number of thiazole rings is 1. The quantitative estimate of drug-likeness (QED) is 0.483. The molecule has 7 nitrogen and oxygen atoms in total. The molecule has 1 fully saturated rings. The molecule has 2 heterocycles. The van der Waals surface area contributed by atoms with E-state index < -0.39 is 0 Å². The molecule has 2 aromatic carbocycles. The van der Waals surface area contributed by atoms with E-state index in [0.29, 0.717) is 19.7 Å². The van der Waals surface area contributed by atoms with Crippen LogP contribution in [-0.4, -0.2) is 41.4 Å². The van der Waals surface area contributed by atoms with Crippen LogP contribution in [0.3, 0.4) is 0 Å². The summed E-state index contributed by atoms with van der Waals surface area (Å²) in [6.45, 7) is 4.76. The maximum Gasteiger partial charge on any atom is 0.230 e.